The molecule has 5 nitrogen and oxygen atoms in total. The van der Waals surface area contributed by atoms with E-state index in [0.29, 0.717) is 0 Å². The van der Waals surface area contributed by atoms with E-state index < -0.39 is 0 Å². The number of hydrogen-bond donors (Lipinski definition) is 0. The predicted octanol–water partition coefficient (Wildman–Crippen LogP) is 11.2. The van der Waals surface area contributed by atoms with Gasteiger partial charge in [0.05, 0.1) is 39.4 Å². The van der Waals surface area contributed by atoms with E-state index in [9.17, 15) is 0 Å². The fraction of sp³-hybridized carbons (Fsp3) is 0. The van der Waals surface area contributed by atoms with Crippen LogP contribution in [-0.4, -0.2) is 19.9 Å². The number of pyridine rings is 4. The number of benzene rings is 4. The van der Waals surface area contributed by atoms with Gasteiger partial charge in [0.2, 0.25) is 0 Å². The van der Waals surface area contributed by atoms with E-state index in [0.717, 1.165) is 89.5 Å². The third-order valence-corrected chi connectivity index (χ3v) is 8.80. The minimum Gasteiger partial charge on any atom is -0.455 e. The Kier molecular flexibility index (Phi) is 7.06. The Morgan fingerprint density at radius 3 is 1.61 bits per heavy atom. The summed E-state index contributed by atoms with van der Waals surface area (Å²) < 4.78 is 6.90. The molecule has 49 heavy (non-hydrogen) atoms. The van der Waals surface area contributed by atoms with Gasteiger partial charge in [-0.05, 0) is 65.2 Å². The van der Waals surface area contributed by atoms with E-state index in [-0.39, 0.29) is 0 Å². The van der Waals surface area contributed by atoms with Crippen LogP contribution in [0.25, 0.3) is 89.5 Å². The van der Waals surface area contributed by atoms with Crippen molar-refractivity contribution >= 4 is 21.9 Å². The first kappa shape index (κ1) is 28.5. The summed E-state index contributed by atoms with van der Waals surface area (Å²) in [4.78, 5) is 19.4. The average Bonchev–Trinajstić information content (AvgIpc) is 3.60. The van der Waals surface area contributed by atoms with Crippen LogP contribution in [0.4, 0.5) is 0 Å². The lowest BCUT2D eigenvalue weighted by Gasteiger charge is -2.11. The van der Waals surface area contributed by atoms with E-state index in [1.54, 1.807) is 12.4 Å². The van der Waals surface area contributed by atoms with Crippen molar-refractivity contribution in [3.8, 4) is 67.6 Å². The highest BCUT2D eigenvalue weighted by Gasteiger charge is 2.24. The van der Waals surface area contributed by atoms with Crippen LogP contribution in [0, 0.1) is 0 Å². The molecule has 0 unspecified atom stereocenters. The second-order valence-electron chi connectivity index (χ2n) is 11.9. The fourth-order valence-corrected chi connectivity index (χ4v) is 6.48. The maximum Gasteiger partial charge on any atom is 0.147 e. The Bertz CT molecular complexity index is 2510. The van der Waals surface area contributed by atoms with Crippen LogP contribution < -0.4 is 0 Å². The monoisotopic (exact) mass is 628 g/mol. The minimum absolute atomic E-state index is 0.792. The summed E-state index contributed by atoms with van der Waals surface area (Å²) in [6, 6.07) is 53.5. The van der Waals surface area contributed by atoms with Gasteiger partial charge < -0.3 is 4.42 Å². The fourth-order valence-electron chi connectivity index (χ4n) is 6.48. The van der Waals surface area contributed by atoms with Crippen molar-refractivity contribution in [3.05, 3.63) is 170 Å². The Morgan fingerprint density at radius 1 is 0.408 bits per heavy atom. The van der Waals surface area contributed by atoms with Gasteiger partial charge in [-0.25, -0.2) is 9.97 Å². The van der Waals surface area contributed by atoms with E-state index in [2.05, 4.69) is 88.8 Å². The van der Waals surface area contributed by atoms with Gasteiger partial charge in [0, 0.05) is 34.5 Å². The Labute approximate surface area is 283 Å². The zero-order valence-electron chi connectivity index (χ0n) is 26.4. The summed E-state index contributed by atoms with van der Waals surface area (Å²) in [6.07, 6.45) is 3.58. The first-order chi connectivity index (χ1) is 24.3. The lowest BCUT2D eigenvalue weighted by molar-refractivity contribution is 0.636. The molecule has 230 valence electrons. The number of fused-ring (bicyclic) bond motifs is 3. The highest BCUT2D eigenvalue weighted by atomic mass is 16.3. The van der Waals surface area contributed by atoms with Crippen LogP contribution in [0.1, 0.15) is 0 Å². The second kappa shape index (κ2) is 12.1. The first-order valence-corrected chi connectivity index (χ1v) is 16.2. The Hall–Kier alpha value is -6.72. The van der Waals surface area contributed by atoms with Crippen molar-refractivity contribution in [3.63, 3.8) is 0 Å². The molecule has 0 atom stereocenters. The van der Waals surface area contributed by atoms with Crippen molar-refractivity contribution in [2.75, 3.05) is 0 Å². The number of rotatable bonds is 6. The van der Waals surface area contributed by atoms with Crippen LogP contribution in [0.15, 0.2) is 175 Å². The number of hydrogen-bond acceptors (Lipinski definition) is 5. The average molecular weight is 629 g/mol. The molecule has 4 aromatic carbocycles. The molecule has 0 aliphatic carbocycles. The number of nitrogens with zero attached hydrogens (tertiary/aromatic N) is 4. The van der Waals surface area contributed by atoms with E-state index in [1.165, 1.54) is 0 Å². The van der Waals surface area contributed by atoms with Crippen molar-refractivity contribution in [2.45, 2.75) is 0 Å². The van der Waals surface area contributed by atoms with Gasteiger partial charge >= 0.3 is 0 Å². The van der Waals surface area contributed by atoms with E-state index in [1.807, 2.05) is 78.9 Å². The summed E-state index contributed by atoms with van der Waals surface area (Å²) in [5, 5.41) is 1.98. The van der Waals surface area contributed by atoms with Crippen molar-refractivity contribution in [1.82, 2.24) is 19.9 Å². The SMILES string of the molecule is c1ccc(-c2oc3c(c(-c4ccccc4)nc4ccccc43)c2-c2ccc(-c3cc(-c4ccccn4)nc(-c4ccccn4)c3)cc2)cc1. The van der Waals surface area contributed by atoms with Gasteiger partial charge in [-0.2, -0.15) is 0 Å². The molecule has 0 saturated carbocycles. The molecule has 0 bridgehead atoms. The van der Waals surface area contributed by atoms with Gasteiger partial charge in [0.25, 0.3) is 0 Å². The molecule has 5 aromatic heterocycles. The predicted molar refractivity (Wildman–Crippen MR) is 198 cm³/mol. The largest absolute Gasteiger partial charge is 0.455 e. The normalized spacial score (nSPS) is 11.3. The standard InChI is InChI=1S/C44H28N4O/c1-3-13-31(14-4-1)42-41-40(43(32-15-5-2-6-16-32)49-44(41)34-17-7-8-18-35(34)48-42)30-23-21-29(22-24-30)33-27-38(36-19-9-11-25-45-36)47-39(28-33)37-20-10-12-26-46-37/h1-28H. The molecule has 9 rings (SSSR count). The lowest BCUT2D eigenvalue weighted by atomic mass is 9.93. The van der Waals surface area contributed by atoms with Crippen molar-refractivity contribution in [2.24, 2.45) is 0 Å². The molecular formula is C44H28N4O. The topological polar surface area (TPSA) is 64.7 Å². The third kappa shape index (κ3) is 5.24. The summed E-state index contributed by atoms with van der Waals surface area (Å²) in [5.74, 6) is 0.817. The summed E-state index contributed by atoms with van der Waals surface area (Å²) in [7, 11) is 0. The Morgan fingerprint density at radius 2 is 0.980 bits per heavy atom. The summed E-state index contributed by atoms with van der Waals surface area (Å²) >= 11 is 0. The molecule has 0 amide bonds. The summed E-state index contributed by atoms with van der Waals surface area (Å²) in [5.41, 5.74) is 12.0. The van der Waals surface area contributed by atoms with Gasteiger partial charge in [-0.1, -0.05) is 109 Å². The molecular weight excluding hydrogens is 601 g/mol. The van der Waals surface area contributed by atoms with E-state index >= 15 is 0 Å². The maximum atomic E-state index is 6.90. The molecule has 5 heteroatoms. The highest BCUT2D eigenvalue weighted by molar-refractivity contribution is 6.16. The van der Waals surface area contributed by atoms with Gasteiger partial charge in [0.1, 0.15) is 11.3 Å². The number of furan rings is 1. The van der Waals surface area contributed by atoms with Crippen LogP contribution in [0.2, 0.25) is 0 Å². The summed E-state index contributed by atoms with van der Waals surface area (Å²) in [6.45, 7) is 0. The molecule has 9 aromatic rings. The van der Waals surface area contributed by atoms with Gasteiger partial charge in [-0.15, -0.1) is 0 Å². The molecule has 0 aliphatic rings. The molecule has 0 aliphatic heterocycles. The molecule has 0 spiro atoms. The second-order valence-corrected chi connectivity index (χ2v) is 11.9. The van der Waals surface area contributed by atoms with Crippen LogP contribution in [0.5, 0.6) is 0 Å². The molecule has 0 fully saturated rings. The van der Waals surface area contributed by atoms with Gasteiger partial charge in [0.15, 0.2) is 0 Å². The van der Waals surface area contributed by atoms with Crippen LogP contribution in [0.3, 0.4) is 0 Å². The molecule has 0 N–H and O–H groups in total. The first-order valence-electron chi connectivity index (χ1n) is 16.2. The van der Waals surface area contributed by atoms with Crippen molar-refractivity contribution in [1.29, 1.82) is 0 Å². The zero-order chi connectivity index (χ0) is 32.6. The third-order valence-electron chi connectivity index (χ3n) is 8.80. The Balaban J connectivity index is 1.26. The minimum atomic E-state index is 0.792. The quantitative estimate of drug-likeness (QED) is 0.183. The maximum absolute atomic E-state index is 6.90. The number of aromatic nitrogens is 4. The number of para-hydroxylation sites is 1. The zero-order valence-corrected chi connectivity index (χ0v) is 26.4. The highest BCUT2D eigenvalue weighted by Crippen LogP contribution is 2.47. The molecule has 5 heterocycles. The van der Waals surface area contributed by atoms with Crippen LogP contribution in [-0.2, 0) is 0 Å². The van der Waals surface area contributed by atoms with Gasteiger partial charge in [-0.3, -0.25) is 9.97 Å². The molecule has 0 radical (unpaired) electrons. The lowest BCUT2D eigenvalue weighted by Crippen LogP contribution is -1.94. The van der Waals surface area contributed by atoms with Crippen molar-refractivity contribution < 1.29 is 4.42 Å². The smallest absolute Gasteiger partial charge is 0.147 e. The van der Waals surface area contributed by atoms with E-state index in [4.69, 9.17) is 14.4 Å². The molecule has 0 saturated heterocycles. The van der Waals surface area contributed by atoms with Crippen LogP contribution >= 0.6 is 0 Å².